The van der Waals surface area contributed by atoms with Crippen LogP contribution in [-0.4, -0.2) is 33.9 Å². The lowest BCUT2D eigenvalue weighted by molar-refractivity contribution is 0.0946. The zero-order chi connectivity index (χ0) is 17.9. The Bertz CT molecular complexity index is 1010. The number of nitrogens with zero attached hydrogens (tertiary/aromatic N) is 3. The summed E-state index contributed by atoms with van der Waals surface area (Å²) < 4.78 is 0. The first-order valence-corrected chi connectivity index (χ1v) is 8.68. The molecule has 3 aromatic rings. The Morgan fingerprint density at radius 1 is 1.12 bits per heavy atom. The normalized spacial score (nSPS) is 13.9. The Morgan fingerprint density at radius 3 is 2.77 bits per heavy atom. The molecule has 1 aromatic carbocycles. The molecule has 0 aliphatic carbocycles. The Kier molecular flexibility index (Phi) is 4.35. The maximum absolute atomic E-state index is 12.4. The van der Waals surface area contributed by atoms with Crippen molar-refractivity contribution in [1.82, 2.24) is 20.3 Å². The highest BCUT2D eigenvalue weighted by molar-refractivity contribution is 5.94. The van der Waals surface area contributed by atoms with E-state index >= 15 is 0 Å². The second-order valence-corrected chi connectivity index (χ2v) is 6.33. The standard InChI is InChI=1S/C19H19N5O2/c25-17-11-14(21-19(23-17)24-9-3-4-10-24)12-20-18(26)16-8-7-13-5-1-2-6-15(13)22-16/h1-2,5-8,11H,3-4,9-10,12H2,(H,20,26)(H,21,23,25). The van der Waals surface area contributed by atoms with Crippen LogP contribution < -0.4 is 15.8 Å². The fourth-order valence-corrected chi connectivity index (χ4v) is 3.12. The predicted molar refractivity (Wildman–Crippen MR) is 99.2 cm³/mol. The van der Waals surface area contributed by atoms with Crippen molar-refractivity contribution in [2.45, 2.75) is 19.4 Å². The third kappa shape index (κ3) is 3.42. The molecule has 2 aromatic heterocycles. The summed E-state index contributed by atoms with van der Waals surface area (Å²) in [6.45, 7) is 1.96. The molecule has 0 unspecified atom stereocenters. The molecule has 0 atom stereocenters. The van der Waals surface area contributed by atoms with Crippen LogP contribution in [0.5, 0.6) is 0 Å². The van der Waals surface area contributed by atoms with E-state index in [-0.39, 0.29) is 18.0 Å². The topological polar surface area (TPSA) is 91.0 Å². The molecule has 1 amide bonds. The molecule has 132 valence electrons. The van der Waals surface area contributed by atoms with Crippen LogP contribution in [-0.2, 0) is 6.54 Å². The first-order chi connectivity index (χ1) is 12.7. The molecule has 26 heavy (non-hydrogen) atoms. The van der Waals surface area contributed by atoms with Gasteiger partial charge in [0.25, 0.3) is 11.5 Å². The van der Waals surface area contributed by atoms with E-state index in [2.05, 4.69) is 25.2 Å². The molecule has 0 saturated carbocycles. The van der Waals surface area contributed by atoms with Crippen LogP contribution >= 0.6 is 0 Å². The monoisotopic (exact) mass is 349 g/mol. The average Bonchev–Trinajstić information content (AvgIpc) is 3.20. The lowest BCUT2D eigenvalue weighted by Crippen LogP contribution is -2.28. The number of anilines is 1. The molecule has 4 rings (SSSR count). The van der Waals surface area contributed by atoms with E-state index in [4.69, 9.17) is 0 Å². The predicted octanol–water partition coefficient (Wildman–Crippen LogP) is 1.85. The molecule has 1 saturated heterocycles. The van der Waals surface area contributed by atoms with Crippen molar-refractivity contribution >= 4 is 22.8 Å². The second-order valence-electron chi connectivity index (χ2n) is 6.33. The van der Waals surface area contributed by atoms with E-state index in [1.807, 2.05) is 30.3 Å². The number of H-pyrrole nitrogens is 1. The summed E-state index contributed by atoms with van der Waals surface area (Å²) in [7, 11) is 0. The lowest BCUT2D eigenvalue weighted by Gasteiger charge is -2.16. The highest BCUT2D eigenvalue weighted by atomic mass is 16.2. The molecular formula is C19H19N5O2. The fraction of sp³-hybridized carbons (Fsp3) is 0.263. The second kappa shape index (κ2) is 6.95. The molecule has 1 fully saturated rings. The van der Waals surface area contributed by atoms with Crippen LogP contribution in [0.25, 0.3) is 10.9 Å². The van der Waals surface area contributed by atoms with Crippen LogP contribution in [0.2, 0.25) is 0 Å². The number of hydrogen-bond acceptors (Lipinski definition) is 5. The SMILES string of the molecule is O=C(NCc1cc(=O)[nH]c(N2CCCC2)n1)c1ccc2ccccc2n1. The van der Waals surface area contributed by atoms with Crippen molar-refractivity contribution in [2.75, 3.05) is 18.0 Å². The van der Waals surface area contributed by atoms with Crippen molar-refractivity contribution < 1.29 is 4.79 Å². The highest BCUT2D eigenvalue weighted by Crippen LogP contribution is 2.14. The first-order valence-electron chi connectivity index (χ1n) is 8.68. The minimum atomic E-state index is -0.291. The van der Waals surface area contributed by atoms with E-state index in [0.717, 1.165) is 36.8 Å². The molecule has 0 radical (unpaired) electrons. The zero-order valence-electron chi connectivity index (χ0n) is 14.2. The minimum Gasteiger partial charge on any atom is -0.345 e. The Hall–Kier alpha value is -3.22. The summed E-state index contributed by atoms with van der Waals surface area (Å²) in [5.74, 6) is 0.281. The number of benzene rings is 1. The van der Waals surface area contributed by atoms with Gasteiger partial charge < -0.3 is 10.2 Å². The number of carbonyl (C=O) groups is 1. The van der Waals surface area contributed by atoms with Crippen LogP contribution in [0.4, 0.5) is 5.95 Å². The third-order valence-electron chi connectivity index (χ3n) is 4.45. The van der Waals surface area contributed by atoms with Gasteiger partial charge in [-0.3, -0.25) is 14.6 Å². The molecule has 2 N–H and O–H groups in total. The van der Waals surface area contributed by atoms with Crippen molar-refractivity contribution in [3.63, 3.8) is 0 Å². The van der Waals surface area contributed by atoms with Gasteiger partial charge >= 0.3 is 0 Å². The van der Waals surface area contributed by atoms with Crippen molar-refractivity contribution in [1.29, 1.82) is 0 Å². The van der Waals surface area contributed by atoms with Crippen LogP contribution in [0.15, 0.2) is 47.3 Å². The van der Waals surface area contributed by atoms with Gasteiger partial charge in [0.15, 0.2) is 0 Å². The van der Waals surface area contributed by atoms with Crippen LogP contribution in [0, 0.1) is 0 Å². The van der Waals surface area contributed by atoms with Crippen molar-refractivity contribution in [3.8, 4) is 0 Å². The van der Waals surface area contributed by atoms with E-state index < -0.39 is 0 Å². The maximum Gasteiger partial charge on any atom is 0.270 e. The third-order valence-corrected chi connectivity index (χ3v) is 4.45. The van der Waals surface area contributed by atoms with Crippen molar-refractivity contribution in [3.05, 3.63) is 64.2 Å². The largest absolute Gasteiger partial charge is 0.345 e. The van der Waals surface area contributed by atoms with E-state index in [9.17, 15) is 9.59 Å². The summed E-state index contributed by atoms with van der Waals surface area (Å²) in [5.41, 5.74) is 1.43. The smallest absolute Gasteiger partial charge is 0.270 e. The Labute approximate surface area is 150 Å². The molecule has 7 nitrogen and oxygen atoms in total. The Balaban J connectivity index is 1.49. The van der Waals surface area contributed by atoms with Gasteiger partial charge in [0.2, 0.25) is 5.95 Å². The van der Waals surface area contributed by atoms with E-state index in [1.54, 1.807) is 6.07 Å². The van der Waals surface area contributed by atoms with E-state index in [1.165, 1.54) is 6.07 Å². The molecule has 1 aliphatic heterocycles. The average molecular weight is 349 g/mol. The van der Waals surface area contributed by atoms with Gasteiger partial charge in [-0.25, -0.2) is 9.97 Å². The number of aromatic nitrogens is 3. The number of hydrogen-bond donors (Lipinski definition) is 2. The highest BCUT2D eigenvalue weighted by Gasteiger charge is 2.15. The van der Waals surface area contributed by atoms with Gasteiger partial charge in [0.1, 0.15) is 5.69 Å². The summed E-state index contributed by atoms with van der Waals surface area (Å²) in [6.07, 6.45) is 2.19. The summed E-state index contributed by atoms with van der Waals surface area (Å²) >= 11 is 0. The lowest BCUT2D eigenvalue weighted by atomic mass is 10.2. The first kappa shape index (κ1) is 16.3. The number of fused-ring (bicyclic) bond motifs is 1. The van der Waals surface area contributed by atoms with Gasteiger partial charge in [-0.1, -0.05) is 24.3 Å². The molecule has 0 bridgehead atoms. The molecule has 3 heterocycles. The molecule has 0 spiro atoms. The van der Waals surface area contributed by atoms with Gasteiger partial charge in [-0.15, -0.1) is 0 Å². The fourth-order valence-electron chi connectivity index (χ4n) is 3.12. The van der Waals surface area contributed by atoms with Crippen molar-refractivity contribution in [2.24, 2.45) is 0 Å². The summed E-state index contributed by atoms with van der Waals surface area (Å²) in [5, 5.41) is 3.77. The van der Waals surface area contributed by atoms with Gasteiger partial charge in [-0.05, 0) is 25.0 Å². The van der Waals surface area contributed by atoms with Gasteiger partial charge in [-0.2, -0.15) is 0 Å². The quantitative estimate of drug-likeness (QED) is 0.750. The number of rotatable bonds is 4. The number of aromatic amines is 1. The van der Waals surface area contributed by atoms with Gasteiger partial charge in [0.05, 0.1) is 17.8 Å². The summed E-state index contributed by atoms with van der Waals surface area (Å²) in [6, 6.07) is 12.6. The molecule has 1 aliphatic rings. The minimum absolute atomic E-state index is 0.179. The summed E-state index contributed by atoms with van der Waals surface area (Å²) in [4.78, 5) is 37.9. The van der Waals surface area contributed by atoms with Crippen LogP contribution in [0.3, 0.4) is 0 Å². The molecule has 7 heteroatoms. The van der Waals surface area contributed by atoms with Gasteiger partial charge in [0, 0.05) is 24.5 Å². The number of nitrogens with one attached hydrogen (secondary N) is 2. The Morgan fingerprint density at radius 2 is 1.92 bits per heavy atom. The van der Waals surface area contributed by atoms with Crippen LogP contribution in [0.1, 0.15) is 29.0 Å². The molecular weight excluding hydrogens is 330 g/mol. The number of carbonyl (C=O) groups excluding carboxylic acids is 1. The number of amides is 1. The number of para-hydroxylation sites is 1. The van der Waals surface area contributed by atoms with E-state index in [0.29, 0.717) is 17.3 Å². The maximum atomic E-state index is 12.4. The number of pyridine rings is 1. The zero-order valence-corrected chi connectivity index (χ0v) is 14.2.